The third-order valence-corrected chi connectivity index (χ3v) is 3.07. The Morgan fingerprint density at radius 1 is 1.64 bits per heavy atom. The number of rotatable bonds is 2. The Morgan fingerprint density at radius 3 is 2.86 bits per heavy atom. The molecule has 1 heterocycles. The molecule has 3 heteroatoms. The fourth-order valence-electron chi connectivity index (χ4n) is 1.66. The van der Waals surface area contributed by atoms with Gasteiger partial charge in [0, 0.05) is 11.8 Å². The molecule has 1 fully saturated rings. The summed E-state index contributed by atoms with van der Waals surface area (Å²) in [7, 11) is 0. The predicted octanol–water partition coefficient (Wildman–Crippen LogP) is 1.16. The molecule has 1 saturated heterocycles. The van der Waals surface area contributed by atoms with Crippen molar-refractivity contribution in [2.75, 3.05) is 6.61 Å². The van der Waals surface area contributed by atoms with Gasteiger partial charge in [-0.3, -0.25) is 0 Å². The average Bonchev–Trinajstić information content (AvgIpc) is 2.31. The van der Waals surface area contributed by atoms with Gasteiger partial charge in [-0.2, -0.15) is 0 Å². The average molecular weight is 198 g/mol. The quantitative estimate of drug-likeness (QED) is 0.535. The fraction of sp³-hybridized carbons (Fsp3) is 0.727. The van der Waals surface area contributed by atoms with Crippen LogP contribution < -0.4 is 0 Å². The lowest BCUT2D eigenvalue weighted by Gasteiger charge is -2.17. The summed E-state index contributed by atoms with van der Waals surface area (Å²) in [5, 5.41) is 9.41. The van der Waals surface area contributed by atoms with Crippen LogP contribution in [0.2, 0.25) is 0 Å². The van der Waals surface area contributed by atoms with Crippen LogP contribution in [-0.2, 0) is 9.53 Å². The van der Waals surface area contributed by atoms with Crippen LogP contribution in [-0.4, -0.2) is 30.2 Å². The highest BCUT2D eigenvalue weighted by molar-refractivity contribution is 5.56. The van der Waals surface area contributed by atoms with Gasteiger partial charge in [-0.05, 0) is 13.3 Å². The Balaban J connectivity index is 2.67. The van der Waals surface area contributed by atoms with E-state index in [9.17, 15) is 9.90 Å². The van der Waals surface area contributed by atoms with Gasteiger partial charge in [-0.1, -0.05) is 19.1 Å². The Bertz CT molecular complexity index is 225. The van der Waals surface area contributed by atoms with Crippen molar-refractivity contribution in [3.05, 3.63) is 12.2 Å². The highest BCUT2D eigenvalue weighted by Gasteiger charge is 2.28. The third kappa shape index (κ3) is 2.42. The number of carbonyl (C=O) groups is 1. The lowest BCUT2D eigenvalue weighted by atomic mass is 9.89. The molecule has 0 spiro atoms. The minimum absolute atomic E-state index is 0.117. The first-order valence-corrected chi connectivity index (χ1v) is 4.99. The Labute approximate surface area is 84.8 Å². The van der Waals surface area contributed by atoms with Crippen molar-refractivity contribution in [1.29, 1.82) is 0 Å². The van der Waals surface area contributed by atoms with Crippen molar-refractivity contribution in [3.8, 4) is 0 Å². The molecule has 1 aliphatic rings. The Morgan fingerprint density at radius 2 is 2.29 bits per heavy atom. The molecule has 0 saturated carbocycles. The van der Waals surface area contributed by atoms with Crippen LogP contribution in [0.3, 0.4) is 0 Å². The number of ether oxygens (including phenoxy) is 1. The highest BCUT2D eigenvalue weighted by atomic mass is 16.5. The second-order valence-electron chi connectivity index (χ2n) is 4.08. The minimum Gasteiger partial charge on any atom is -0.385 e. The number of hydrogen-bond donors (Lipinski definition) is 1. The molecular formula is C11H18O3. The molecule has 3 unspecified atom stereocenters. The number of hydrogen-bond acceptors (Lipinski definition) is 3. The summed E-state index contributed by atoms with van der Waals surface area (Å²) in [5.41, 5.74) is 1.06. The summed E-state index contributed by atoms with van der Waals surface area (Å²) in [4.78, 5) is 10.5. The van der Waals surface area contributed by atoms with Crippen LogP contribution in [0.1, 0.15) is 20.3 Å². The summed E-state index contributed by atoms with van der Waals surface area (Å²) >= 11 is 0. The molecule has 14 heavy (non-hydrogen) atoms. The Kier molecular flexibility index (Phi) is 3.84. The molecule has 1 aliphatic heterocycles. The van der Waals surface area contributed by atoms with Crippen LogP contribution in [0.5, 0.6) is 0 Å². The van der Waals surface area contributed by atoms with E-state index in [1.165, 1.54) is 0 Å². The maximum Gasteiger partial charge on any atom is 0.148 e. The smallest absolute Gasteiger partial charge is 0.148 e. The normalized spacial score (nSPS) is 36.2. The van der Waals surface area contributed by atoms with E-state index in [1.54, 1.807) is 0 Å². The van der Waals surface area contributed by atoms with Crippen molar-refractivity contribution in [3.63, 3.8) is 0 Å². The summed E-state index contributed by atoms with van der Waals surface area (Å²) in [6, 6.07) is 0. The second kappa shape index (κ2) is 4.71. The monoisotopic (exact) mass is 198 g/mol. The largest absolute Gasteiger partial charge is 0.385 e. The summed E-state index contributed by atoms with van der Waals surface area (Å²) in [5.74, 6) is 0.159. The zero-order chi connectivity index (χ0) is 10.7. The van der Waals surface area contributed by atoms with Crippen molar-refractivity contribution >= 4 is 6.29 Å². The molecule has 0 aromatic rings. The zero-order valence-electron chi connectivity index (χ0n) is 8.77. The topological polar surface area (TPSA) is 46.5 Å². The first-order valence-electron chi connectivity index (χ1n) is 4.99. The fourth-order valence-corrected chi connectivity index (χ4v) is 1.66. The van der Waals surface area contributed by atoms with Gasteiger partial charge in [-0.15, -0.1) is 0 Å². The van der Waals surface area contributed by atoms with E-state index in [0.29, 0.717) is 25.2 Å². The first-order chi connectivity index (χ1) is 6.56. The first kappa shape index (κ1) is 11.4. The maximum atomic E-state index is 10.5. The van der Waals surface area contributed by atoms with Crippen LogP contribution in [0.15, 0.2) is 12.2 Å². The van der Waals surface area contributed by atoms with Gasteiger partial charge in [0.15, 0.2) is 0 Å². The van der Waals surface area contributed by atoms with Crippen LogP contribution in [0.25, 0.3) is 0 Å². The summed E-state index contributed by atoms with van der Waals surface area (Å²) in [6.45, 7) is 8.45. The standard InChI is InChI=1S/C11H18O3/c1-7-4-10(11(13)5-12)6-14-9(3)8(7)2/h5,8-11,13H,1,4,6H2,2-3H3/t8-,9?,10?,11?/m1/s1. The van der Waals surface area contributed by atoms with Gasteiger partial charge < -0.3 is 14.6 Å². The molecule has 1 rings (SSSR count). The molecule has 0 bridgehead atoms. The molecule has 0 aliphatic carbocycles. The molecule has 0 aromatic carbocycles. The van der Waals surface area contributed by atoms with Crippen LogP contribution >= 0.6 is 0 Å². The van der Waals surface area contributed by atoms with E-state index in [2.05, 4.69) is 13.5 Å². The van der Waals surface area contributed by atoms with Gasteiger partial charge in [0.05, 0.1) is 12.7 Å². The van der Waals surface area contributed by atoms with Gasteiger partial charge in [0.25, 0.3) is 0 Å². The molecule has 3 nitrogen and oxygen atoms in total. The van der Waals surface area contributed by atoms with Gasteiger partial charge in [0.1, 0.15) is 12.4 Å². The van der Waals surface area contributed by atoms with Crippen molar-refractivity contribution in [2.24, 2.45) is 11.8 Å². The number of carbonyl (C=O) groups excluding carboxylic acids is 1. The number of aliphatic hydroxyl groups excluding tert-OH is 1. The van der Waals surface area contributed by atoms with E-state index in [4.69, 9.17) is 4.74 Å². The van der Waals surface area contributed by atoms with Crippen molar-refractivity contribution in [2.45, 2.75) is 32.5 Å². The van der Waals surface area contributed by atoms with Gasteiger partial charge >= 0.3 is 0 Å². The van der Waals surface area contributed by atoms with E-state index in [1.807, 2.05) is 6.92 Å². The lowest BCUT2D eigenvalue weighted by Crippen LogP contribution is -2.26. The van der Waals surface area contributed by atoms with Crippen LogP contribution in [0, 0.1) is 11.8 Å². The molecule has 0 radical (unpaired) electrons. The van der Waals surface area contributed by atoms with E-state index < -0.39 is 6.10 Å². The van der Waals surface area contributed by atoms with Crippen molar-refractivity contribution in [1.82, 2.24) is 0 Å². The molecule has 1 N–H and O–H groups in total. The van der Waals surface area contributed by atoms with Crippen LogP contribution in [0.4, 0.5) is 0 Å². The predicted molar refractivity (Wildman–Crippen MR) is 53.9 cm³/mol. The minimum atomic E-state index is -0.927. The van der Waals surface area contributed by atoms with E-state index >= 15 is 0 Å². The Hall–Kier alpha value is -0.670. The van der Waals surface area contributed by atoms with E-state index in [0.717, 1.165) is 5.57 Å². The SMILES string of the molecule is C=C1CC(C(O)C=O)COC(C)[C@@H]1C. The number of aldehydes is 1. The molecule has 0 aromatic heterocycles. The van der Waals surface area contributed by atoms with Gasteiger partial charge in [0.2, 0.25) is 0 Å². The van der Waals surface area contributed by atoms with E-state index in [-0.39, 0.29) is 12.0 Å². The highest BCUT2D eigenvalue weighted by Crippen LogP contribution is 2.28. The molecule has 4 atom stereocenters. The molecular weight excluding hydrogens is 180 g/mol. The number of aliphatic hydroxyl groups is 1. The van der Waals surface area contributed by atoms with Crippen molar-refractivity contribution < 1.29 is 14.6 Å². The lowest BCUT2D eigenvalue weighted by molar-refractivity contribution is -0.118. The molecule has 0 amide bonds. The molecule has 80 valence electrons. The maximum absolute atomic E-state index is 10.5. The third-order valence-electron chi connectivity index (χ3n) is 3.07. The zero-order valence-corrected chi connectivity index (χ0v) is 8.77. The summed E-state index contributed by atoms with van der Waals surface area (Å²) < 4.78 is 5.54. The summed E-state index contributed by atoms with van der Waals surface area (Å²) in [6.07, 6.45) is 0.434. The second-order valence-corrected chi connectivity index (χ2v) is 4.08. The van der Waals surface area contributed by atoms with Gasteiger partial charge in [-0.25, -0.2) is 0 Å².